The van der Waals surface area contributed by atoms with Crippen LogP contribution in [0.5, 0.6) is 0 Å². The van der Waals surface area contributed by atoms with Gasteiger partial charge in [0, 0.05) is 44.9 Å². The number of benzene rings is 11. The lowest BCUT2D eigenvalue weighted by Crippen LogP contribution is -2.61. The predicted octanol–water partition coefficient (Wildman–Crippen LogP) is 15.5. The second-order valence-electron chi connectivity index (χ2n) is 18.5. The van der Waals surface area contributed by atoms with Gasteiger partial charge in [-0.3, -0.25) is 0 Å². The van der Waals surface area contributed by atoms with E-state index in [0.29, 0.717) is 0 Å². The highest BCUT2D eigenvalue weighted by atomic mass is 15.2. The summed E-state index contributed by atoms with van der Waals surface area (Å²) in [6.45, 7) is -0.0704. The number of para-hydroxylation sites is 2. The van der Waals surface area contributed by atoms with E-state index in [0.717, 1.165) is 28.4 Å². The topological polar surface area (TPSA) is 11.4 Å². The monoisotopic (exact) mass is 889 g/mol. The lowest BCUT2D eigenvalue weighted by Gasteiger charge is -2.45. The molecular formula is C66H44BN3. The Kier molecular flexibility index (Phi) is 9.31. The lowest BCUT2D eigenvalue weighted by atomic mass is 9.33. The van der Waals surface area contributed by atoms with Gasteiger partial charge in [-0.25, -0.2) is 0 Å². The third-order valence-corrected chi connectivity index (χ3v) is 14.5. The molecule has 0 radical (unpaired) electrons. The van der Waals surface area contributed by atoms with E-state index in [1.54, 1.807) is 0 Å². The van der Waals surface area contributed by atoms with Crippen LogP contribution in [0.1, 0.15) is 0 Å². The van der Waals surface area contributed by atoms with Crippen molar-refractivity contribution in [2.45, 2.75) is 0 Å². The molecule has 0 fully saturated rings. The average Bonchev–Trinajstić information content (AvgIpc) is 3.78. The molecule has 0 bridgehead atoms. The molecule has 4 heteroatoms. The SMILES string of the molecule is c1ccc(-c2cccc(N3c4cc(-c5ccccc5)ccc4B4c5ccc(-c6ccccc6)cc5N(c5cccc(-c6ccccc6)c5)c5cc(-n6c7ccccc7c7ccccc76)cc3c54)c2)cc1. The molecule has 0 N–H and O–H groups in total. The van der Waals surface area contributed by atoms with Crippen LogP contribution >= 0.6 is 0 Å². The largest absolute Gasteiger partial charge is 0.311 e. The molecule has 0 aliphatic carbocycles. The van der Waals surface area contributed by atoms with Crippen molar-refractivity contribution in [1.29, 1.82) is 0 Å². The summed E-state index contributed by atoms with van der Waals surface area (Å²) in [4.78, 5) is 5.12. The Morgan fingerprint density at radius 2 is 0.600 bits per heavy atom. The van der Waals surface area contributed by atoms with E-state index in [1.807, 2.05) is 0 Å². The second kappa shape index (κ2) is 16.3. The minimum absolute atomic E-state index is 0.0704. The molecule has 326 valence electrons. The summed E-state index contributed by atoms with van der Waals surface area (Å²) in [6, 6.07) is 98.4. The number of fused-ring (bicyclic) bond motifs is 7. The van der Waals surface area contributed by atoms with E-state index in [2.05, 4.69) is 281 Å². The Morgan fingerprint density at radius 3 is 1.01 bits per heavy atom. The molecule has 3 nitrogen and oxygen atoms in total. The van der Waals surface area contributed by atoms with Gasteiger partial charge in [-0.2, -0.15) is 0 Å². The predicted molar refractivity (Wildman–Crippen MR) is 297 cm³/mol. The first-order valence-corrected chi connectivity index (χ1v) is 24.2. The number of aromatic nitrogens is 1. The number of anilines is 6. The van der Waals surface area contributed by atoms with Gasteiger partial charge in [0.2, 0.25) is 0 Å². The van der Waals surface area contributed by atoms with Gasteiger partial charge >= 0.3 is 0 Å². The van der Waals surface area contributed by atoms with Crippen molar-refractivity contribution in [1.82, 2.24) is 4.57 Å². The van der Waals surface area contributed by atoms with Crippen molar-refractivity contribution in [2.75, 3.05) is 9.80 Å². The third-order valence-electron chi connectivity index (χ3n) is 14.5. The van der Waals surface area contributed by atoms with Crippen molar-refractivity contribution in [2.24, 2.45) is 0 Å². The number of hydrogen-bond acceptors (Lipinski definition) is 2. The zero-order valence-corrected chi connectivity index (χ0v) is 38.3. The molecule has 0 amide bonds. The molecule has 70 heavy (non-hydrogen) atoms. The van der Waals surface area contributed by atoms with Crippen LogP contribution in [0.3, 0.4) is 0 Å². The van der Waals surface area contributed by atoms with Crippen LogP contribution in [0, 0.1) is 0 Å². The van der Waals surface area contributed by atoms with Gasteiger partial charge in [0.15, 0.2) is 0 Å². The van der Waals surface area contributed by atoms with Crippen molar-refractivity contribution in [3.05, 3.63) is 267 Å². The lowest BCUT2D eigenvalue weighted by molar-refractivity contribution is 1.16. The fourth-order valence-electron chi connectivity index (χ4n) is 11.4. The van der Waals surface area contributed by atoms with Gasteiger partial charge < -0.3 is 14.4 Å². The Bertz CT molecular complexity index is 3710. The summed E-state index contributed by atoms with van der Waals surface area (Å²) >= 11 is 0. The van der Waals surface area contributed by atoms with E-state index < -0.39 is 0 Å². The first kappa shape index (κ1) is 40.0. The molecule has 3 heterocycles. The molecule has 0 atom stereocenters. The molecule has 0 spiro atoms. The quantitative estimate of drug-likeness (QED) is 0.148. The van der Waals surface area contributed by atoms with E-state index in [4.69, 9.17) is 0 Å². The maximum Gasteiger partial charge on any atom is 0.252 e. The summed E-state index contributed by atoms with van der Waals surface area (Å²) in [5.74, 6) is 0. The van der Waals surface area contributed by atoms with Gasteiger partial charge in [0.25, 0.3) is 6.71 Å². The molecule has 2 aliphatic rings. The summed E-state index contributed by atoms with van der Waals surface area (Å²) in [5, 5.41) is 2.47. The fourth-order valence-corrected chi connectivity index (χ4v) is 11.4. The van der Waals surface area contributed by atoms with Gasteiger partial charge in [-0.05, 0) is 122 Å². The Labute approximate surface area is 408 Å². The number of nitrogens with zero attached hydrogens (tertiary/aromatic N) is 3. The first-order valence-electron chi connectivity index (χ1n) is 24.2. The zero-order chi connectivity index (χ0) is 46.1. The molecule has 0 unspecified atom stereocenters. The molecule has 0 saturated heterocycles. The summed E-state index contributed by atoms with van der Waals surface area (Å²) in [7, 11) is 0. The highest BCUT2D eigenvalue weighted by Crippen LogP contribution is 2.48. The van der Waals surface area contributed by atoms with E-state index in [1.165, 1.54) is 94.1 Å². The minimum atomic E-state index is -0.0704. The minimum Gasteiger partial charge on any atom is -0.311 e. The molecule has 2 aliphatic heterocycles. The Balaban J connectivity index is 1.12. The first-order chi connectivity index (χ1) is 34.7. The molecule has 11 aromatic carbocycles. The molecule has 0 saturated carbocycles. The second-order valence-corrected chi connectivity index (χ2v) is 18.5. The molecular weight excluding hydrogens is 846 g/mol. The van der Waals surface area contributed by atoms with Crippen LogP contribution in [0.15, 0.2) is 267 Å². The van der Waals surface area contributed by atoms with Gasteiger partial charge in [0.05, 0.1) is 16.7 Å². The van der Waals surface area contributed by atoms with E-state index in [-0.39, 0.29) is 6.71 Å². The highest BCUT2D eigenvalue weighted by molar-refractivity contribution is 7.00. The summed E-state index contributed by atoms with van der Waals surface area (Å²) in [6.07, 6.45) is 0. The Hall–Kier alpha value is -9.12. The maximum absolute atomic E-state index is 2.56. The number of hydrogen-bond donors (Lipinski definition) is 0. The van der Waals surface area contributed by atoms with Crippen molar-refractivity contribution >= 4 is 79.0 Å². The zero-order valence-electron chi connectivity index (χ0n) is 38.3. The van der Waals surface area contributed by atoms with Crippen molar-refractivity contribution in [3.63, 3.8) is 0 Å². The average molecular weight is 890 g/mol. The fraction of sp³-hybridized carbons (Fsp3) is 0. The van der Waals surface area contributed by atoms with Crippen LogP contribution in [0.2, 0.25) is 0 Å². The van der Waals surface area contributed by atoms with Crippen molar-refractivity contribution in [3.8, 4) is 50.2 Å². The number of rotatable bonds is 7. The van der Waals surface area contributed by atoms with Crippen LogP contribution in [-0.4, -0.2) is 11.3 Å². The molecule has 12 aromatic rings. The van der Waals surface area contributed by atoms with Gasteiger partial charge in [-0.15, -0.1) is 0 Å². The standard InChI is InChI=1S/C66H44BN3/c1-5-19-45(20-6-1)49-27-17-29-53(39-49)68-62-41-51(47-23-9-3-10-24-47)35-37-58(62)67-59-38-36-52(48-25-11-4-12-26-48)42-63(59)69(54-30-18-28-50(40-54)46-21-7-2-8-22-46)65-44-55(43-64(68)66(65)67)70-60-33-15-13-31-56(60)57-32-14-16-34-61(57)70/h1-44H. The maximum atomic E-state index is 2.56. The van der Waals surface area contributed by atoms with Crippen molar-refractivity contribution < 1.29 is 0 Å². The van der Waals surface area contributed by atoms with E-state index in [9.17, 15) is 0 Å². The van der Waals surface area contributed by atoms with Crippen LogP contribution in [0.25, 0.3) is 72.0 Å². The Morgan fingerprint density at radius 1 is 0.243 bits per heavy atom. The molecule has 1 aromatic heterocycles. The van der Waals surface area contributed by atoms with E-state index >= 15 is 0 Å². The highest BCUT2D eigenvalue weighted by Gasteiger charge is 2.44. The molecule has 14 rings (SSSR count). The smallest absolute Gasteiger partial charge is 0.252 e. The normalized spacial score (nSPS) is 12.5. The summed E-state index contributed by atoms with van der Waals surface area (Å²) in [5.41, 5.74) is 23.6. The van der Waals surface area contributed by atoms with Crippen LogP contribution < -0.4 is 26.2 Å². The van der Waals surface area contributed by atoms with Crippen LogP contribution in [-0.2, 0) is 0 Å². The van der Waals surface area contributed by atoms with Gasteiger partial charge in [0.1, 0.15) is 0 Å². The van der Waals surface area contributed by atoms with Crippen LogP contribution in [0.4, 0.5) is 34.1 Å². The third kappa shape index (κ3) is 6.45. The summed E-state index contributed by atoms with van der Waals surface area (Å²) < 4.78 is 2.49. The van der Waals surface area contributed by atoms with Gasteiger partial charge in [-0.1, -0.05) is 206 Å².